The Balaban J connectivity index is 0.00000225. The Morgan fingerprint density at radius 3 is 2.57 bits per heavy atom. The van der Waals surface area contributed by atoms with Gasteiger partial charge >= 0.3 is 0 Å². The van der Waals surface area contributed by atoms with E-state index in [1.807, 2.05) is 18.2 Å². The van der Waals surface area contributed by atoms with Crippen LogP contribution in [0.4, 0.5) is 11.4 Å². The molecular formula is C19H24ClN3O4S. The molecule has 1 amide bonds. The van der Waals surface area contributed by atoms with Gasteiger partial charge in [0.15, 0.2) is 5.76 Å². The molecule has 4 rings (SSSR count). The van der Waals surface area contributed by atoms with Gasteiger partial charge in [-0.25, -0.2) is 8.42 Å². The molecule has 2 N–H and O–H groups in total. The molecule has 0 spiro atoms. The van der Waals surface area contributed by atoms with Gasteiger partial charge < -0.3 is 15.1 Å². The molecule has 3 heterocycles. The number of fused-ring (bicyclic) bond motifs is 1. The van der Waals surface area contributed by atoms with Crippen molar-refractivity contribution in [1.82, 2.24) is 4.31 Å². The third kappa shape index (κ3) is 3.40. The molecule has 0 aliphatic carbocycles. The van der Waals surface area contributed by atoms with Crippen LogP contribution in [0.5, 0.6) is 0 Å². The number of benzene rings is 1. The molecule has 0 unspecified atom stereocenters. The number of nitrogens with two attached hydrogens (primary N) is 1. The largest absolute Gasteiger partial charge is 0.455 e. The van der Waals surface area contributed by atoms with Crippen molar-refractivity contribution in [3.63, 3.8) is 0 Å². The molecule has 0 radical (unpaired) electrons. The highest BCUT2D eigenvalue weighted by Gasteiger charge is 2.33. The lowest BCUT2D eigenvalue weighted by atomic mass is 9.99. The van der Waals surface area contributed by atoms with Gasteiger partial charge in [0.2, 0.25) is 10.0 Å². The van der Waals surface area contributed by atoms with Gasteiger partial charge in [0, 0.05) is 37.1 Å². The molecule has 0 saturated carbocycles. The third-order valence-corrected chi connectivity index (χ3v) is 7.30. The van der Waals surface area contributed by atoms with E-state index in [0.29, 0.717) is 25.3 Å². The number of nitrogen functional groups attached to an aromatic ring is 1. The normalized spacial score (nSPS) is 17.2. The Bertz CT molecular complexity index is 997. The van der Waals surface area contributed by atoms with Crippen LogP contribution in [0.15, 0.2) is 33.6 Å². The van der Waals surface area contributed by atoms with Crippen LogP contribution in [-0.2, 0) is 16.4 Å². The maximum absolute atomic E-state index is 13.1. The second-order valence-corrected chi connectivity index (χ2v) is 8.95. The summed E-state index contributed by atoms with van der Waals surface area (Å²) in [5.74, 6) is -0.0527. The Morgan fingerprint density at radius 2 is 1.86 bits per heavy atom. The summed E-state index contributed by atoms with van der Waals surface area (Å²) in [6.45, 7) is 3.15. The summed E-state index contributed by atoms with van der Waals surface area (Å²) in [7, 11) is -3.63. The predicted molar refractivity (Wildman–Crippen MR) is 110 cm³/mol. The predicted octanol–water partition coefficient (Wildman–Crippen LogP) is 2.97. The van der Waals surface area contributed by atoms with Gasteiger partial charge in [-0.3, -0.25) is 4.79 Å². The highest BCUT2D eigenvalue weighted by molar-refractivity contribution is 7.89. The number of carbonyl (C=O) groups is 1. The minimum absolute atomic E-state index is 0. The zero-order valence-electron chi connectivity index (χ0n) is 15.7. The van der Waals surface area contributed by atoms with Crippen LogP contribution in [-0.4, -0.2) is 38.3 Å². The number of nitrogens with zero attached hydrogens (tertiary/aromatic N) is 2. The zero-order valence-corrected chi connectivity index (χ0v) is 17.3. The van der Waals surface area contributed by atoms with Crippen molar-refractivity contribution < 1.29 is 17.6 Å². The van der Waals surface area contributed by atoms with E-state index in [0.717, 1.165) is 36.9 Å². The first-order valence-corrected chi connectivity index (χ1v) is 10.6. The molecule has 2 aliphatic heterocycles. The summed E-state index contributed by atoms with van der Waals surface area (Å²) in [5.41, 5.74) is 8.43. The van der Waals surface area contributed by atoms with Gasteiger partial charge in [-0.1, -0.05) is 6.07 Å². The van der Waals surface area contributed by atoms with Crippen LogP contribution in [0.25, 0.3) is 0 Å². The van der Waals surface area contributed by atoms with Crippen molar-refractivity contribution in [2.75, 3.05) is 30.3 Å². The van der Waals surface area contributed by atoms with E-state index in [-0.39, 0.29) is 34.7 Å². The van der Waals surface area contributed by atoms with E-state index < -0.39 is 10.0 Å². The Labute approximate surface area is 170 Å². The zero-order chi connectivity index (χ0) is 19.2. The number of amides is 1. The van der Waals surface area contributed by atoms with Crippen LogP contribution in [0.1, 0.15) is 41.1 Å². The Morgan fingerprint density at radius 1 is 1.14 bits per heavy atom. The monoisotopic (exact) mass is 425 g/mol. The number of hydrogen-bond acceptors (Lipinski definition) is 5. The minimum Gasteiger partial charge on any atom is -0.455 e. The van der Waals surface area contributed by atoms with Crippen LogP contribution in [0.2, 0.25) is 0 Å². The standard InChI is InChI=1S/C19H23N3O4S.ClH/c1-13-18(27(24,25)21-9-2-3-10-21)12-17(26-13)19(23)22-11-5-6-14-15(20)7-4-8-16(14)22;/h4,7-8,12H,2-3,5-6,9-11,20H2,1H3;1H. The quantitative estimate of drug-likeness (QED) is 0.762. The number of carbonyl (C=O) groups excluding carboxylic acids is 1. The summed E-state index contributed by atoms with van der Waals surface area (Å²) >= 11 is 0. The van der Waals surface area contributed by atoms with E-state index >= 15 is 0 Å². The molecule has 1 aromatic heterocycles. The van der Waals surface area contributed by atoms with E-state index in [2.05, 4.69) is 0 Å². The maximum Gasteiger partial charge on any atom is 0.294 e. The summed E-state index contributed by atoms with van der Waals surface area (Å²) in [5, 5.41) is 0. The topological polar surface area (TPSA) is 96.8 Å². The smallest absolute Gasteiger partial charge is 0.294 e. The average Bonchev–Trinajstić information content (AvgIpc) is 3.31. The first-order chi connectivity index (χ1) is 12.9. The second kappa shape index (κ2) is 7.77. The Hall–Kier alpha value is -2.03. The lowest BCUT2D eigenvalue weighted by molar-refractivity contribution is 0.0957. The molecule has 7 nitrogen and oxygen atoms in total. The SMILES string of the molecule is Cc1oc(C(=O)N2CCCc3c(N)cccc32)cc1S(=O)(=O)N1CCCC1.Cl. The fraction of sp³-hybridized carbons (Fsp3) is 0.421. The third-order valence-electron chi connectivity index (χ3n) is 5.30. The highest BCUT2D eigenvalue weighted by Crippen LogP contribution is 2.33. The number of sulfonamides is 1. The second-order valence-electron chi connectivity index (χ2n) is 7.05. The molecule has 2 aromatic rings. The first kappa shape index (κ1) is 20.7. The molecule has 1 fully saturated rings. The van der Waals surface area contributed by atoms with Crippen molar-refractivity contribution in [1.29, 1.82) is 0 Å². The maximum atomic E-state index is 13.1. The summed E-state index contributed by atoms with van der Waals surface area (Å²) in [4.78, 5) is 14.8. The molecule has 152 valence electrons. The lowest BCUT2D eigenvalue weighted by Gasteiger charge is -2.29. The lowest BCUT2D eigenvalue weighted by Crippen LogP contribution is -2.35. The van der Waals surface area contributed by atoms with Crippen molar-refractivity contribution in [2.45, 2.75) is 37.5 Å². The fourth-order valence-electron chi connectivity index (χ4n) is 3.89. The van der Waals surface area contributed by atoms with Crippen LogP contribution in [0.3, 0.4) is 0 Å². The van der Waals surface area contributed by atoms with Gasteiger partial charge in [0.25, 0.3) is 5.91 Å². The number of furan rings is 1. The molecule has 9 heteroatoms. The number of hydrogen-bond donors (Lipinski definition) is 1. The fourth-order valence-corrected chi connectivity index (χ4v) is 5.57. The molecule has 0 atom stereocenters. The summed E-state index contributed by atoms with van der Waals surface area (Å²) < 4.78 is 32.7. The highest BCUT2D eigenvalue weighted by atomic mass is 35.5. The van der Waals surface area contributed by atoms with Crippen LogP contribution in [0, 0.1) is 6.92 Å². The van der Waals surface area contributed by atoms with Gasteiger partial charge in [-0.2, -0.15) is 4.31 Å². The van der Waals surface area contributed by atoms with Gasteiger partial charge in [-0.05, 0) is 50.3 Å². The van der Waals surface area contributed by atoms with Gasteiger partial charge in [0.05, 0.1) is 0 Å². The average molecular weight is 426 g/mol. The van der Waals surface area contributed by atoms with Crippen molar-refractivity contribution in [2.24, 2.45) is 0 Å². The molecule has 0 bridgehead atoms. The van der Waals surface area contributed by atoms with Crippen molar-refractivity contribution in [3.05, 3.63) is 41.3 Å². The number of aryl methyl sites for hydroxylation is 1. The van der Waals surface area contributed by atoms with E-state index in [1.165, 1.54) is 10.4 Å². The number of halogens is 1. The van der Waals surface area contributed by atoms with E-state index in [9.17, 15) is 13.2 Å². The van der Waals surface area contributed by atoms with E-state index in [4.69, 9.17) is 10.2 Å². The molecule has 2 aliphatic rings. The van der Waals surface area contributed by atoms with E-state index in [1.54, 1.807) is 11.8 Å². The van der Waals surface area contributed by atoms with Crippen LogP contribution < -0.4 is 10.6 Å². The summed E-state index contributed by atoms with van der Waals surface area (Å²) in [6.07, 6.45) is 3.32. The summed E-state index contributed by atoms with van der Waals surface area (Å²) in [6, 6.07) is 6.87. The molecular weight excluding hydrogens is 402 g/mol. The Kier molecular flexibility index (Phi) is 5.74. The first-order valence-electron chi connectivity index (χ1n) is 9.19. The minimum atomic E-state index is -3.63. The molecule has 1 saturated heterocycles. The van der Waals surface area contributed by atoms with Crippen molar-refractivity contribution >= 4 is 39.7 Å². The number of rotatable bonds is 3. The van der Waals surface area contributed by atoms with Gasteiger partial charge in [-0.15, -0.1) is 12.4 Å². The van der Waals surface area contributed by atoms with Crippen molar-refractivity contribution in [3.8, 4) is 0 Å². The molecule has 1 aromatic carbocycles. The molecule has 28 heavy (non-hydrogen) atoms. The van der Waals surface area contributed by atoms with Gasteiger partial charge in [0.1, 0.15) is 10.7 Å². The van der Waals surface area contributed by atoms with Crippen LogP contribution >= 0.6 is 12.4 Å². The number of anilines is 2.